The van der Waals surface area contributed by atoms with Crippen molar-refractivity contribution < 1.29 is 0 Å². The van der Waals surface area contributed by atoms with Crippen LogP contribution in [-0.2, 0) is 0 Å². The summed E-state index contributed by atoms with van der Waals surface area (Å²) in [5.41, 5.74) is 9.16. The maximum atomic E-state index is 6.09. The number of likely N-dealkylation sites (N-methyl/N-ethyl adjacent to an activating group) is 2. The maximum Gasteiger partial charge on any atom is 0.0446 e. The fourth-order valence-electron chi connectivity index (χ4n) is 3.31. The Balaban J connectivity index is 1.95. The van der Waals surface area contributed by atoms with Gasteiger partial charge in [-0.2, -0.15) is 0 Å². The van der Waals surface area contributed by atoms with E-state index < -0.39 is 0 Å². The molecule has 1 atom stereocenters. The van der Waals surface area contributed by atoms with Crippen LogP contribution in [0.4, 0.5) is 11.4 Å². The predicted octanol–water partition coefficient (Wildman–Crippen LogP) is 2.66. The molecular weight excluding hydrogens is 260 g/mol. The number of hydrogen-bond donors (Lipinski definition) is 1. The lowest BCUT2D eigenvalue weighted by Gasteiger charge is -2.28. The molecule has 2 aromatic rings. The third-order valence-electron chi connectivity index (χ3n) is 4.62. The number of pyridine rings is 1. The van der Waals surface area contributed by atoms with E-state index in [1.807, 2.05) is 19.2 Å². The summed E-state index contributed by atoms with van der Waals surface area (Å²) in [6, 6.07) is 6.90. The lowest BCUT2D eigenvalue weighted by molar-refractivity contribution is 0.314. The van der Waals surface area contributed by atoms with Gasteiger partial charge >= 0.3 is 0 Å². The first-order valence-electron chi connectivity index (χ1n) is 7.62. The molecule has 1 aromatic carbocycles. The number of aryl methyl sites for hydroxylation is 1. The highest BCUT2D eigenvalue weighted by Gasteiger charge is 2.22. The molecule has 0 spiro atoms. The van der Waals surface area contributed by atoms with Crippen LogP contribution < -0.4 is 10.6 Å². The van der Waals surface area contributed by atoms with Crippen LogP contribution in [0.2, 0.25) is 0 Å². The van der Waals surface area contributed by atoms with Gasteiger partial charge in [0.15, 0.2) is 0 Å². The molecule has 1 unspecified atom stereocenters. The predicted molar refractivity (Wildman–Crippen MR) is 89.8 cm³/mol. The summed E-state index contributed by atoms with van der Waals surface area (Å²) in [4.78, 5) is 9.19. The Bertz CT molecular complexity index is 653. The fourth-order valence-corrected chi connectivity index (χ4v) is 3.31. The van der Waals surface area contributed by atoms with Crippen molar-refractivity contribution in [3.05, 3.63) is 30.1 Å². The largest absolute Gasteiger partial charge is 0.398 e. The summed E-state index contributed by atoms with van der Waals surface area (Å²) in [7, 11) is 4.40. The second kappa shape index (κ2) is 5.53. The Morgan fingerprint density at radius 1 is 1.38 bits per heavy atom. The van der Waals surface area contributed by atoms with Gasteiger partial charge in [-0.3, -0.25) is 4.98 Å². The second-order valence-electron chi connectivity index (χ2n) is 6.20. The van der Waals surface area contributed by atoms with Crippen LogP contribution in [0.1, 0.15) is 18.5 Å². The molecule has 1 fully saturated rings. The Hall–Kier alpha value is -1.81. The summed E-state index contributed by atoms with van der Waals surface area (Å²) < 4.78 is 0. The zero-order valence-electron chi connectivity index (χ0n) is 13.1. The molecule has 3 rings (SSSR count). The molecule has 112 valence electrons. The van der Waals surface area contributed by atoms with Crippen LogP contribution in [0.25, 0.3) is 10.8 Å². The SMILES string of the molecule is Cc1cc2c(N(C)CC3CCCN3C)ccc(N)c2cn1. The van der Waals surface area contributed by atoms with Crippen LogP contribution in [0.3, 0.4) is 0 Å². The van der Waals surface area contributed by atoms with E-state index in [4.69, 9.17) is 5.73 Å². The third-order valence-corrected chi connectivity index (χ3v) is 4.62. The molecule has 0 aliphatic carbocycles. The van der Waals surface area contributed by atoms with Crippen molar-refractivity contribution in [2.45, 2.75) is 25.8 Å². The van der Waals surface area contributed by atoms with Gasteiger partial charge in [-0.05, 0) is 51.6 Å². The molecule has 0 amide bonds. The number of anilines is 2. The highest BCUT2D eigenvalue weighted by molar-refractivity contribution is 6.01. The van der Waals surface area contributed by atoms with Gasteiger partial charge in [0.1, 0.15) is 0 Å². The summed E-state index contributed by atoms with van der Waals surface area (Å²) in [6.45, 7) is 4.29. The van der Waals surface area contributed by atoms with Crippen LogP contribution in [0.5, 0.6) is 0 Å². The number of rotatable bonds is 3. The van der Waals surface area contributed by atoms with Crippen LogP contribution in [0, 0.1) is 6.92 Å². The standard InChI is InChI=1S/C17H24N4/c1-12-9-14-15(10-19-12)16(18)6-7-17(14)21(3)11-13-5-4-8-20(13)2/h6-7,9-10,13H,4-5,8,11,18H2,1-3H3. The quantitative estimate of drug-likeness (QED) is 0.880. The molecule has 4 nitrogen and oxygen atoms in total. The zero-order chi connectivity index (χ0) is 15.0. The number of likely N-dealkylation sites (tertiary alicyclic amines) is 1. The number of aromatic nitrogens is 1. The summed E-state index contributed by atoms with van der Waals surface area (Å²) in [5.74, 6) is 0. The summed E-state index contributed by atoms with van der Waals surface area (Å²) in [6.07, 6.45) is 4.48. The monoisotopic (exact) mass is 284 g/mol. The summed E-state index contributed by atoms with van der Waals surface area (Å²) >= 11 is 0. The van der Waals surface area contributed by atoms with Crippen molar-refractivity contribution in [2.75, 3.05) is 37.8 Å². The van der Waals surface area contributed by atoms with Gasteiger partial charge < -0.3 is 15.5 Å². The average molecular weight is 284 g/mol. The second-order valence-corrected chi connectivity index (χ2v) is 6.20. The molecule has 0 radical (unpaired) electrons. The van der Waals surface area contributed by atoms with Crippen LogP contribution >= 0.6 is 0 Å². The Labute approximate surface area is 126 Å². The van der Waals surface area contributed by atoms with Crippen molar-refractivity contribution in [1.82, 2.24) is 9.88 Å². The van der Waals surface area contributed by atoms with Crippen molar-refractivity contribution in [2.24, 2.45) is 0 Å². The normalized spacial score (nSPS) is 19.3. The fraction of sp³-hybridized carbons (Fsp3) is 0.471. The van der Waals surface area contributed by atoms with E-state index in [2.05, 4.69) is 41.0 Å². The van der Waals surface area contributed by atoms with Gasteiger partial charge in [-0.1, -0.05) is 0 Å². The topological polar surface area (TPSA) is 45.4 Å². The number of hydrogen-bond acceptors (Lipinski definition) is 4. The van der Waals surface area contributed by atoms with Crippen molar-refractivity contribution in [1.29, 1.82) is 0 Å². The first-order chi connectivity index (χ1) is 10.1. The van der Waals surface area contributed by atoms with Gasteiger partial charge in [-0.25, -0.2) is 0 Å². The molecule has 1 aliphatic rings. The Morgan fingerprint density at radius 2 is 2.19 bits per heavy atom. The highest BCUT2D eigenvalue weighted by atomic mass is 15.2. The Kier molecular flexibility index (Phi) is 3.72. The minimum Gasteiger partial charge on any atom is -0.398 e. The first-order valence-corrected chi connectivity index (χ1v) is 7.62. The highest BCUT2D eigenvalue weighted by Crippen LogP contribution is 2.31. The van der Waals surface area contributed by atoms with Crippen molar-refractivity contribution >= 4 is 22.1 Å². The van der Waals surface area contributed by atoms with Crippen molar-refractivity contribution in [3.63, 3.8) is 0 Å². The van der Waals surface area contributed by atoms with E-state index in [1.165, 1.54) is 30.5 Å². The smallest absolute Gasteiger partial charge is 0.0446 e. The maximum absolute atomic E-state index is 6.09. The van der Waals surface area contributed by atoms with E-state index in [1.54, 1.807) is 0 Å². The van der Waals surface area contributed by atoms with Gasteiger partial charge in [-0.15, -0.1) is 0 Å². The van der Waals surface area contributed by atoms with E-state index >= 15 is 0 Å². The average Bonchev–Trinajstić information content (AvgIpc) is 2.84. The van der Waals surface area contributed by atoms with Crippen LogP contribution in [0.15, 0.2) is 24.4 Å². The number of nitrogens with zero attached hydrogens (tertiary/aromatic N) is 3. The summed E-state index contributed by atoms with van der Waals surface area (Å²) in [5, 5.41) is 2.25. The van der Waals surface area contributed by atoms with Crippen molar-refractivity contribution in [3.8, 4) is 0 Å². The number of nitrogens with two attached hydrogens (primary N) is 1. The first kappa shape index (κ1) is 14.1. The molecule has 1 aromatic heterocycles. The lowest BCUT2D eigenvalue weighted by atomic mass is 10.1. The number of fused-ring (bicyclic) bond motifs is 1. The van der Waals surface area contributed by atoms with Gasteiger partial charge in [0.2, 0.25) is 0 Å². The molecule has 0 bridgehead atoms. The Morgan fingerprint density at radius 3 is 2.90 bits per heavy atom. The molecular formula is C17H24N4. The minimum absolute atomic E-state index is 0.644. The third kappa shape index (κ3) is 2.68. The molecule has 4 heteroatoms. The molecule has 1 aliphatic heterocycles. The molecule has 0 saturated carbocycles. The van der Waals surface area contributed by atoms with Gasteiger partial charge in [0.05, 0.1) is 0 Å². The van der Waals surface area contributed by atoms with E-state index in [-0.39, 0.29) is 0 Å². The lowest BCUT2D eigenvalue weighted by Crippen LogP contribution is -2.36. The zero-order valence-corrected chi connectivity index (χ0v) is 13.1. The number of benzene rings is 1. The molecule has 1 saturated heterocycles. The van der Waals surface area contributed by atoms with E-state index in [0.29, 0.717) is 6.04 Å². The van der Waals surface area contributed by atoms with Gasteiger partial charge in [0, 0.05) is 53.7 Å². The van der Waals surface area contributed by atoms with E-state index in [0.717, 1.165) is 23.3 Å². The minimum atomic E-state index is 0.644. The van der Waals surface area contributed by atoms with E-state index in [9.17, 15) is 0 Å². The number of nitrogen functional groups attached to an aromatic ring is 1. The molecule has 21 heavy (non-hydrogen) atoms. The van der Waals surface area contributed by atoms with Crippen LogP contribution in [-0.4, -0.2) is 43.1 Å². The van der Waals surface area contributed by atoms with Gasteiger partial charge in [0.25, 0.3) is 0 Å². The molecule has 2 heterocycles. The molecule has 2 N–H and O–H groups in total.